The Balaban J connectivity index is 1.54. The summed E-state index contributed by atoms with van der Waals surface area (Å²) in [6, 6.07) is 0. The van der Waals surface area contributed by atoms with E-state index in [1.165, 1.54) is 51.4 Å². The van der Waals surface area contributed by atoms with Crippen molar-refractivity contribution in [2.75, 3.05) is 6.61 Å². The zero-order valence-corrected chi connectivity index (χ0v) is 19.6. The standard InChI is InChI=1S/C28H44O/c1-19(21(3)18-29)9-10-20(2)24-13-14-25-23-12-11-22-8-6-7-16-27(22,4)26(23)15-17-28(24,25)5/h8-10,12,19-21,24-26,29H,6-7,11,13-18H2,1-5H3/t19-,20+,21?,24+,25-,26-,27-,28+/m0/s1. The summed E-state index contributed by atoms with van der Waals surface area (Å²) < 4.78 is 0. The largest absolute Gasteiger partial charge is 0.396 e. The van der Waals surface area contributed by atoms with Crippen LogP contribution in [0.25, 0.3) is 0 Å². The average molecular weight is 397 g/mol. The molecule has 4 aliphatic carbocycles. The molecule has 4 aliphatic rings. The van der Waals surface area contributed by atoms with E-state index in [1.807, 2.05) is 5.57 Å². The first-order valence-electron chi connectivity index (χ1n) is 12.5. The van der Waals surface area contributed by atoms with Crippen molar-refractivity contribution < 1.29 is 5.11 Å². The third kappa shape index (κ3) is 3.50. The van der Waals surface area contributed by atoms with E-state index in [2.05, 4.69) is 58.9 Å². The van der Waals surface area contributed by atoms with Gasteiger partial charge in [-0.3, -0.25) is 0 Å². The molecule has 0 bridgehead atoms. The van der Waals surface area contributed by atoms with E-state index in [-0.39, 0.29) is 6.61 Å². The quantitative estimate of drug-likeness (QED) is 0.482. The van der Waals surface area contributed by atoms with Gasteiger partial charge in [0.15, 0.2) is 0 Å². The molecule has 0 aromatic rings. The first-order valence-corrected chi connectivity index (χ1v) is 12.5. The van der Waals surface area contributed by atoms with Crippen molar-refractivity contribution in [2.24, 2.45) is 46.3 Å². The Morgan fingerprint density at radius 3 is 2.59 bits per heavy atom. The lowest BCUT2D eigenvalue weighted by molar-refractivity contribution is 0.0577. The molecular weight excluding hydrogens is 352 g/mol. The summed E-state index contributed by atoms with van der Waals surface area (Å²) in [4.78, 5) is 0. The molecule has 0 aromatic heterocycles. The number of fused-ring (bicyclic) bond motifs is 5. The smallest absolute Gasteiger partial charge is 0.0462 e. The van der Waals surface area contributed by atoms with Gasteiger partial charge in [0, 0.05) is 6.61 Å². The van der Waals surface area contributed by atoms with Crippen LogP contribution in [0.5, 0.6) is 0 Å². The Bertz CT molecular complexity index is 699. The minimum atomic E-state index is 0.286. The number of hydrogen-bond acceptors (Lipinski definition) is 1. The van der Waals surface area contributed by atoms with Crippen LogP contribution in [0, 0.1) is 46.3 Å². The Kier molecular flexibility index (Phi) is 5.93. The third-order valence-corrected chi connectivity index (χ3v) is 10.1. The van der Waals surface area contributed by atoms with Crippen molar-refractivity contribution >= 4 is 0 Å². The molecular formula is C28H44O. The number of aliphatic hydroxyl groups is 1. The fourth-order valence-electron chi connectivity index (χ4n) is 7.79. The van der Waals surface area contributed by atoms with Gasteiger partial charge in [-0.2, -0.15) is 0 Å². The molecule has 29 heavy (non-hydrogen) atoms. The molecule has 2 fully saturated rings. The second kappa shape index (κ2) is 8.03. The Morgan fingerprint density at radius 2 is 1.83 bits per heavy atom. The molecule has 1 nitrogen and oxygen atoms in total. The summed E-state index contributed by atoms with van der Waals surface area (Å²) in [5.74, 6) is 3.89. The van der Waals surface area contributed by atoms with E-state index in [0.29, 0.717) is 28.6 Å². The summed E-state index contributed by atoms with van der Waals surface area (Å²) in [7, 11) is 0. The van der Waals surface area contributed by atoms with E-state index in [9.17, 15) is 5.11 Å². The van der Waals surface area contributed by atoms with E-state index in [1.54, 1.807) is 5.57 Å². The van der Waals surface area contributed by atoms with Crippen molar-refractivity contribution in [3.05, 3.63) is 35.5 Å². The lowest BCUT2D eigenvalue weighted by Crippen LogP contribution is -2.45. The molecule has 8 atom stereocenters. The second-order valence-electron chi connectivity index (χ2n) is 11.5. The molecule has 0 radical (unpaired) electrons. The predicted octanol–water partition coefficient (Wildman–Crippen LogP) is 7.33. The number of allylic oxidation sites excluding steroid dienone is 6. The molecule has 1 N–H and O–H groups in total. The maximum absolute atomic E-state index is 9.45. The zero-order chi connectivity index (χ0) is 20.8. The molecule has 0 amide bonds. The van der Waals surface area contributed by atoms with Gasteiger partial charge in [0.2, 0.25) is 0 Å². The van der Waals surface area contributed by atoms with E-state index in [4.69, 9.17) is 0 Å². The molecule has 4 rings (SSSR count). The molecule has 1 heteroatoms. The molecule has 0 saturated heterocycles. The highest BCUT2D eigenvalue weighted by Crippen LogP contribution is 2.66. The van der Waals surface area contributed by atoms with Crippen LogP contribution in [0.1, 0.15) is 86.0 Å². The van der Waals surface area contributed by atoms with Gasteiger partial charge >= 0.3 is 0 Å². The normalized spacial score (nSPS) is 42.3. The maximum atomic E-state index is 9.45. The second-order valence-corrected chi connectivity index (χ2v) is 11.5. The molecule has 1 unspecified atom stereocenters. The molecule has 0 aromatic carbocycles. The summed E-state index contributed by atoms with van der Waals surface area (Å²) in [5.41, 5.74) is 4.56. The van der Waals surface area contributed by atoms with Crippen LogP contribution in [-0.4, -0.2) is 11.7 Å². The van der Waals surface area contributed by atoms with E-state index >= 15 is 0 Å². The minimum Gasteiger partial charge on any atom is -0.396 e. The van der Waals surface area contributed by atoms with Crippen LogP contribution in [0.15, 0.2) is 35.5 Å². The van der Waals surface area contributed by atoms with Gasteiger partial charge in [0.05, 0.1) is 0 Å². The molecule has 0 aliphatic heterocycles. The van der Waals surface area contributed by atoms with Crippen LogP contribution in [0.2, 0.25) is 0 Å². The van der Waals surface area contributed by atoms with Crippen LogP contribution < -0.4 is 0 Å². The van der Waals surface area contributed by atoms with Gasteiger partial charge in [-0.05, 0) is 97.7 Å². The van der Waals surface area contributed by atoms with Gasteiger partial charge in [0.1, 0.15) is 0 Å². The van der Waals surface area contributed by atoms with Crippen LogP contribution in [0.3, 0.4) is 0 Å². The van der Waals surface area contributed by atoms with Crippen LogP contribution in [0.4, 0.5) is 0 Å². The Hall–Kier alpha value is -0.820. The fourth-order valence-corrected chi connectivity index (χ4v) is 7.79. The Morgan fingerprint density at radius 1 is 1.03 bits per heavy atom. The van der Waals surface area contributed by atoms with Crippen molar-refractivity contribution in [2.45, 2.75) is 86.0 Å². The van der Waals surface area contributed by atoms with Crippen LogP contribution >= 0.6 is 0 Å². The monoisotopic (exact) mass is 396 g/mol. The zero-order valence-electron chi connectivity index (χ0n) is 19.6. The lowest BCUT2D eigenvalue weighted by atomic mass is 9.50. The number of aliphatic hydroxyl groups excluding tert-OH is 1. The van der Waals surface area contributed by atoms with E-state index < -0.39 is 0 Å². The van der Waals surface area contributed by atoms with Crippen molar-refractivity contribution in [3.8, 4) is 0 Å². The maximum Gasteiger partial charge on any atom is 0.0462 e. The van der Waals surface area contributed by atoms with Gasteiger partial charge in [-0.1, -0.05) is 70.1 Å². The van der Waals surface area contributed by atoms with Crippen molar-refractivity contribution in [1.82, 2.24) is 0 Å². The summed E-state index contributed by atoms with van der Waals surface area (Å²) in [6.45, 7) is 12.4. The summed E-state index contributed by atoms with van der Waals surface area (Å²) in [5, 5.41) is 9.45. The lowest BCUT2D eigenvalue weighted by Gasteiger charge is -2.55. The molecule has 162 valence electrons. The minimum absolute atomic E-state index is 0.286. The summed E-state index contributed by atoms with van der Waals surface area (Å²) in [6.07, 6.45) is 21.1. The van der Waals surface area contributed by atoms with Gasteiger partial charge in [0.25, 0.3) is 0 Å². The topological polar surface area (TPSA) is 20.2 Å². The predicted molar refractivity (Wildman–Crippen MR) is 124 cm³/mol. The first-order chi connectivity index (χ1) is 13.8. The van der Waals surface area contributed by atoms with Gasteiger partial charge in [-0.25, -0.2) is 0 Å². The fraction of sp³-hybridized carbons (Fsp3) is 0.786. The molecule has 2 saturated carbocycles. The highest BCUT2D eigenvalue weighted by Gasteiger charge is 2.56. The van der Waals surface area contributed by atoms with Crippen molar-refractivity contribution in [3.63, 3.8) is 0 Å². The highest BCUT2D eigenvalue weighted by atomic mass is 16.3. The highest BCUT2D eigenvalue weighted by molar-refractivity contribution is 5.36. The first kappa shape index (κ1) is 21.4. The van der Waals surface area contributed by atoms with Crippen LogP contribution in [-0.2, 0) is 0 Å². The summed E-state index contributed by atoms with van der Waals surface area (Å²) >= 11 is 0. The van der Waals surface area contributed by atoms with Crippen molar-refractivity contribution in [1.29, 1.82) is 0 Å². The SMILES string of the molecule is CC(CO)[C@@H](C)C=C[C@@H](C)[C@H]1CC[C@H]2C3=CCC4=CCCC[C@]4(C)[C@H]3CC[C@]12C. The average Bonchev–Trinajstić information content (AvgIpc) is 3.08. The number of rotatable bonds is 5. The van der Waals surface area contributed by atoms with Gasteiger partial charge in [-0.15, -0.1) is 0 Å². The Labute approximate surface area is 179 Å². The third-order valence-electron chi connectivity index (χ3n) is 10.1. The van der Waals surface area contributed by atoms with E-state index in [0.717, 1.165) is 17.8 Å². The van der Waals surface area contributed by atoms with Gasteiger partial charge < -0.3 is 5.11 Å². The molecule has 0 spiro atoms. The molecule has 0 heterocycles. The number of hydrogen-bond donors (Lipinski definition) is 1.